The molecule has 0 atom stereocenters. The van der Waals surface area contributed by atoms with Gasteiger partial charge in [0.15, 0.2) is 17.3 Å². The molecule has 2 heterocycles. The molecular weight excluding hydrogens is 222 g/mol. The highest BCUT2D eigenvalue weighted by Gasteiger charge is 2.15. The molecule has 2 aromatic rings. The fourth-order valence-electron chi connectivity index (χ4n) is 1.71. The number of benzene rings is 1. The van der Waals surface area contributed by atoms with Crippen molar-refractivity contribution in [3.05, 3.63) is 24.0 Å². The summed E-state index contributed by atoms with van der Waals surface area (Å²) in [6.07, 6.45) is 0.626. The molecule has 1 aliphatic heterocycles. The van der Waals surface area contributed by atoms with Crippen molar-refractivity contribution in [2.45, 2.75) is 6.42 Å². The normalized spacial score (nSPS) is 13.0. The maximum Gasteiger partial charge on any atom is 0.231 e. The Balaban J connectivity index is 2.00. The minimum Gasteiger partial charge on any atom is -0.454 e. The lowest BCUT2D eigenvalue weighted by molar-refractivity contribution is 0.174. The van der Waals surface area contributed by atoms with Crippen molar-refractivity contribution < 1.29 is 9.47 Å². The molecule has 7 heteroatoms. The lowest BCUT2D eigenvalue weighted by atomic mass is 10.2. The van der Waals surface area contributed by atoms with E-state index in [0.717, 1.165) is 17.3 Å². The van der Waals surface area contributed by atoms with Gasteiger partial charge in [0.05, 0.1) is 5.69 Å². The highest BCUT2D eigenvalue weighted by atomic mass is 16.7. The topological polar surface area (TPSA) is 88.1 Å². The van der Waals surface area contributed by atoms with E-state index in [2.05, 4.69) is 15.5 Å². The van der Waals surface area contributed by atoms with Crippen molar-refractivity contribution in [1.29, 1.82) is 0 Å². The first kappa shape index (κ1) is 10.0. The molecule has 0 aliphatic carbocycles. The third-order valence-corrected chi connectivity index (χ3v) is 2.50. The van der Waals surface area contributed by atoms with Crippen LogP contribution in [-0.2, 0) is 6.42 Å². The van der Waals surface area contributed by atoms with E-state index >= 15 is 0 Å². The molecule has 0 saturated carbocycles. The molecule has 2 N–H and O–H groups in total. The summed E-state index contributed by atoms with van der Waals surface area (Å²) in [5.41, 5.74) is 6.34. The zero-order valence-electron chi connectivity index (χ0n) is 9.04. The Kier molecular flexibility index (Phi) is 2.37. The molecule has 0 saturated heterocycles. The predicted octanol–water partition coefficient (Wildman–Crippen LogP) is -0.108. The maximum absolute atomic E-state index is 5.50. The highest BCUT2D eigenvalue weighted by Crippen LogP contribution is 2.33. The van der Waals surface area contributed by atoms with Crippen LogP contribution in [0.1, 0.15) is 5.82 Å². The second-order valence-electron chi connectivity index (χ2n) is 3.58. The quantitative estimate of drug-likeness (QED) is 0.796. The van der Waals surface area contributed by atoms with E-state index in [-0.39, 0.29) is 6.79 Å². The maximum atomic E-state index is 5.50. The molecule has 0 bridgehead atoms. The summed E-state index contributed by atoms with van der Waals surface area (Å²) in [5.74, 6) is 2.17. The summed E-state index contributed by atoms with van der Waals surface area (Å²) >= 11 is 0. The molecule has 7 nitrogen and oxygen atoms in total. The van der Waals surface area contributed by atoms with Gasteiger partial charge < -0.3 is 15.2 Å². The second-order valence-corrected chi connectivity index (χ2v) is 3.58. The Labute approximate surface area is 97.1 Å². The first-order valence-corrected chi connectivity index (χ1v) is 5.26. The highest BCUT2D eigenvalue weighted by molar-refractivity contribution is 5.49. The van der Waals surface area contributed by atoms with Crippen LogP contribution in [0.3, 0.4) is 0 Å². The van der Waals surface area contributed by atoms with E-state index < -0.39 is 0 Å². The van der Waals surface area contributed by atoms with Crippen LogP contribution in [0.5, 0.6) is 11.5 Å². The van der Waals surface area contributed by atoms with Gasteiger partial charge >= 0.3 is 0 Å². The third-order valence-electron chi connectivity index (χ3n) is 2.50. The van der Waals surface area contributed by atoms with Crippen molar-refractivity contribution >= 4 is 0 Å². The van der Waals surface area contributed by atoms with Gasteiger partial charge in [0.1, 0.15) is 0 Å². The van der Waals surface area contributed by atoms with E-state index in [4.69, 9.17) is 15.2 Å². The van der Waals surface area contributed by atoms with Crippen molar-refractivity contribution in [1.82, 2.24) is 20.2 Å². The number of rotatable bonds is 3. The van der Waals surface area contributed by atoms with Gasteiger partial charge in [0.25, 0.3) is 0 Å². The van der Waals surface area contributed by atoms with Gasteiger partial charge in [-0.05, 0) is 29.1 Å². The smallest absolute Gasteiger partial charge is 0.231 e. The number of tetrazole rings is 1. The van der Waals surface area contributed by atoms with Gasteiger partial charge in [0.2, 0.25) is 6.79 Å². The summed E-state index contributed by atoms with van der Waals surface area (Å²) in [6.45, 7) is 0.759. The summed E-state index contributed by atoms with van der Waals surface area (Å²) in [4.78, 5) is 0. The third kappa shape index (κ3) is 1.70. The van der Waals surface area contributed by atoms with Crippen LogP contribution in [0.25, 0.3) is 5.69 Å². The van der Waals surface area contributed by atoms with Gasteiger partial charge in [0, 0.05) is 12.5 Å². The lowest BCUT2D eigenvalue weighted by Gasteiger charge is -2.04. The van der Waals surface area contributed by atoms with Crippen LogP contribution < -0.4 is 15.2 Å². The summed E-state index contributed by atoms with van der Waals surface area (Å²) in [6, 6.07) is 5.56. The first-order valence-electron chi connectivity index (χ1n) is 5.26. The summed E-state index contributed by atoms with van der Waals surface area (Å²) in [5, 5.41) is 11.5. The first-order chi connectivity index (χ1) is 8.38. The van der Waals surface area contributed by atoms with Crippen molar-refractivity contribution in [3.63, 3.8) is 0 Å². The molecule has 0 amide bonds. The number of nitrogens with two attached hydrogens (primary N) is 1. The van der Waals surface area contributed by atoms with Gasteiger partial charge in [-0.2, -0.15) is 4.68 Å². The number of aromatic nitrogens is 4. The monoisotopic (exact) mass is 233 g/mol. The predicted molar refractivity (Wildman–Crippen MR) is 58.0 cm³/mol. The molecular formula is C10H11N5O2. The number of hydrogen-bond acceptors (Lipinski definition) is 6. The Morgan fingerprint density at radius 3 is 3.06 bits per heavy atom. The molecule has 1 aliphatic rings. The van der Waals surface area contributed by atoms with E-state index in [1.807, 2.05) is 18.2 Å². The van der Waals surface area contributed by atoms with E-state index in [9.17, 15) is 0 Å². The van der Waals surface area contributed by atoms with Gasteiger partial charge in [-0.15, -0.1) is 5.10 Å². The zero-order valence-corrected chi connectivity index (χ0v) is 9.04. The molecule has 0 unspecified atom stereocenters. The van der Waals surface area contributed by atoms with Crippen LogP contribution >= 0.6 is 0 Å². The van der Waals surface area contributed by atoms with Crippen LogP contribution in [0, 0.1) is 0 Å². The standard InChI is InChI=1S/C10H11N5O2/c11-4-3-10-12-13-14-15(10)7-1-2-8-9(5-7)17-6-16-8/h1-2,5H,3-4,6,11H2. The molecule has 1 aromatic carbocycles. The Bertz CT molecular complexity index is 539. The molecule has 17 heavy (non-hydrogen) atoms. The largest absolute Gasteiger partial charge is 0.454 e. The molecule has 0 spiro atoms. The van der Waals surface area contributed by atoms with Crippen LogP contribution in [0.15, 0.2) is 18.2 Å². The number of ether oxygens (including phenoxy) is 2. The molecule has 3 rings (SSSR count). The van der Waals surface area contributed by atoms with Crippen molar-refractivity contribution in [2.75, 3.05) is 13.3 Å². The summed E-state index contributed by atoms with van der Waals surface area (Å²) in [7, 11) is 0. The van der Waals surface area contributed by atoms with Crippen LogP contribution in [-0.4, -0.2) is 33.5 Å². The average Bonchev–Trinajstić information content (AvgIpc) is 2.96. The number of nitrogens with zero attached hydrogens (tertiary/aromatic N) is 4. The summed E-state index contributed by atoms with van der Waals surface area (Å²) < 4.78 is 12.2. The fourth-order valence-corrected chi connectivity index (χ4v) is 1.71. The Morgan fingerprint density at radius 1 is 1.29 bits per heavy atom. The minimum absolute atomic E-state index is 0.254. The minimum atomic E-state index is 0.254. The van der Waals surface area contributed by atoms with Crippen molar-refractivity contribution in [3.8, 4) is 17.2 Å². The zero-order chi connectivity index (χ0) is 11.7. The van der Waals surface area contributed by atoms with Crippen LogP contribution in [0.2, 0.25) is 0 Å². The number of fused-ring (bicyclic) bond motifs is 1. The second kappa shape index (κ2) is 4.02. The van der Waals surface area contributed by atoms with E-state index in [1.54, 1.807) is 4.68 Å². The molecule has 0 fully saturated rings. The van der Waals surface area contributed by atoms with E-state index in [0.29, 0.717) is 18.7 Å². The molecule has 88 valence electrons. The van der Waals surface area contributed by atoms with Gasteiger partial charge in [-0.1, -0.05) is 0 Å². The average molecular weight is 233 g/mol. The van der Waals surface area contributed by atoms with Crippen molar-refractivity contribution in [2.24, 2.45) is 5.73 Å². The van der Waals surface area contributed by atoms with Gasteiger partial charge in [-0.25, -0.2) is 0 Å². The van der Waals surface area contributed by atoms with E-state index in [1.165, 1.54) is 0 Å². The lowest BCUT2D eigenvalue weighted by Crippen LogP contribution is -2.09. The SMILES string of the molecule is NCCc1nnnn1-c1ccc2c(c1)OCO2. The molecule has 0 radical (unpaired) electrons. The number of hydrogen-bond donors (Lipinski definition) is 1. The van der Waals surface area contributed by atoms with Crippen LogP contribution in [0.4, 0.5) is 0 Å². The molecule has 1 aromatic heterocycles. The Morgan fingerprint density at radius 2 is 2.18 bits per heavy atom. The van der Waals surface area contributed by atoms with Gasteiger partial charge in [-0.3, -0.25) is 0 Å². The Hall–Kier alpha value is -2.15. The fraction of sp³-hybridized carbons (Fsp3) is 0.300.